The summed E-state index contributed by atoms with van der Waals surface area (Å²) in [6.07, 6.45) is -2.40. The number of aromatic nitrogens is 2. The third-order valence-electron chi connectivity index (χ3n) is 6.42. The fourth-order valence-corrected chi connectivity index (χ4v) is 4.50. The van der Waals surface area contributed by atoms with Crippen LogP contribution in [-0.4, -0.2) is 56.0 Å². The van der Waals surface area contributed by atoms with Gasteiger partial charge in [-0.25, -0.2) is 9.07 Å². The number of amides is 1. The fraction of sp³-hybridized carbons (Fsp3) is 0.414. The molecule has 2 N–H and O–H groups in total. The van der Waals surface area contributed by atoms with Gasteiger partial charge in [-0.05, 0) is 61.9 Å². The summed E-state index contributed by atoms with van der Waals surface area (Å²) in [6, 6.07) is 13.7. The van der Waals surface area contributed by atoms with E-state index >= 15 is 0 Å². The zero-order chi connectivity index (χ0) is 28.0. The number of carboxylic acid groups (broad SMARTS) is 1. The third kappa shape index (κ3) is 8.98. The van der Waals surface area contributed by atoms with Gasteiger partial charge >= 0.3 is 29.6 Å². The molecule has 0 radical (unpaired) electrons. The maximum atomic E-state index is 13.7. The fourth-order valence-electron chi connectivity index (χ4n) is 4.50. The van der Waals surface area contributed by atoms with Crippen LogP contribution in [0.25, 0.3) is 5.69 Å². The number of aliphatic hydroxyl groups excluding tert-OH is 2. The Balaban J connectivity index is 0.00000533. The molecule has 0 aliphatic carbocycles. The molecule has 2 atom stereocenters. The Kier molecular flexibility index (Phi) is 12.3. The van der Waals surface area contributed by atoms with Crippen molar-refractivity contribution in [3.63, 3.8) is 0 Å². The second-order valence-corrected chi connectivity index (χ2v) is 10.1. The third-order valence-corrected chi connectivity index (χ3v) is 6.42. The number of carbonyl (C=O) groups excluding carboxylic acids is 2. The molecule has 1 heterocycles. The summed E-state index contributed by atoms with van der Waals surface area (Å²) in [5, 5.41) is 35.8. The van der Waals surface area contributed by atoms with Gasteiger partial charge < -0.3 is 25.0 Å². The van der Waals surface area contributed by atoms with Crippen molar-refractivity contribution in [2.75, 3.05) is 7.05 Å². The molecule has 204 valence electrons. The minimum atomic E-state index is -1.39. The van der Waals surface area contributed by atoms with E-state index in [9.17, 15) is 29.3 Å². The Morgan fingerprint density at radius 2 is 1.67 bits per heavy atom. The van der Waals surface area contributed by atoms with Gasteiger partial charge in [0.05, 0.1) is 17.9 Å². The number of carbonyl (C=O) groups is 2. The maximum absolute atomic E-state index is 13.7. The van der Waals surface area contributed by atoms with Gasteiger partial charge in [-0.1, -0.05) is 43.7 Å². The molecular formula is C29H35FN3NaO5. The number of carboxylic acids is 1. The Morgan fingerprint density at radius 3 is 2.23 bits per heavy atom. The van der Waals surface area contributed by atoms with Gasteiger partial charge in [0, 0.05) is 37.2 Å². The Morgan fingerprint density at radius 1 is 1.05 bits per heavy atom. The first kappa shape index (κ1) is 32.7. The molecule has 3 aromatic rings. The molecule has 0 aliphatic heterocycles. The zero-order valence-corrected chi connectivity index (χ0v) is 25.2. The van der Waals surface area contributed by atoms with Gasteiger partial charge in [-0.15, -0.1) is 0 Å². The van der Waals surface area contributed by atoms with Gasteiger partial charge in [-0.2, -0.15) is 5.10 Å². The van der Waals surface area contributed by atoms with Crippen LogP contribution in [0.4, 0.5) is 4.39 Å². The molecule has 0 aliphatic rings. The van der Waals surface area contributed by atoms with Crippen LogP contribution in [0.3, 0.4) is 0 Å². The molecule has 3 rings (SSSR count). The first-order chi connectivity index (χ1) is 18.0. The summed E-state index contributed by atoms with van der Waals surface area (Å²) in [6.45, 7) is 6.29. The van der Waals surface area contributed by atoms with E-state index in [-0.39, 0.29) is 59.9 Å². The van der Waals surface area contributed by atoms with Gasteiger partial charge in [0.25, 0.3) is 5.91 Å². The van der Waals surface area contributed by atoms with E-state index in [2.05, 4.69) is 5.10 Å². The molecule has 1 amide bonds. The van der Waals surface area contributed by atoms with E-state index in [0.29, 0.717) is 24.3 Å². The normalized spacial score (nSPS) is 12.6. The van der Waals surface area contributed by atoms with E-state index in [1.807, 2.05) is 45.0 Å². The number of rotatable bonds is 12. The summed E-state index contributed by atoms with van der Waals surface area (Å²) >= 11 is 0. The topological polar surface area (TPSA) is 119 Å². The van der Waals surface area contributed by atoms with Crippen LogP contribution < -0.4 is 34.7 Å². The van der Waals surface area contributed by atoms with E-state index in [1.165, 1.54) is 12.1 Å². The van der Waals surface area contributed by atoms with Crippen molar-refractivity contribution >= 4 is 11.9 Å². The number of hydrogen-bond donors (Lipinski definition) is 2. The predicted molar refractivity (Wildman–Crippen MR) is 139 cm³/mol. The van der Waals surface area contributed by atoms with Crippen molar-refractivity contribution in [1.82, 2.24) is 14.7 Å². The standard InChI is InChI=1S/C29H36FN3O5.Na/c1-18(2)27-25(14-13-23(34)15-24(35)16-26(36)37)33(22-11-9-21(30)10-12-22)31-28(27)29(38)32(4)17-20-7-5-19(3)6-8-20;/h5-12,18,23-24,34-35H,13-17H2,1-4H3,(H,36,37);/q;+1/p-1/t23-,24-;/m1./s1. The molecule has 0 fully saturated rings. The average molecular weight is 548 g/mol. The van der Waals surface area contributed by atoms with Crippen LogP contribution in [-0.2, 0) is 17.8 Å². The van der Waals surface area contributed by atoms with Crippen LogP contribution in [0.15, 0.2) is 48.5 Å². The molecule has 8 nitrogen and oxygen atoms in total. The SMILES string of the molecule is Cc1ccc(CN(C)C(=O)c2nn(-c3ccc(F)cc3)c(CC[C@@H](O)C[C@@H](O)CC(=O)[O-])c2C(C)C)cc1.[Na+]. The smallest absolute Gasteiger partial charge is 0.550 e. The molecule has 39 heavy (non-hydrogen) atoms. The number of benzene rings is 2. The average Bonchev–Trinajstić information content (AvgIpc) is 3.23. The monoisotopic (exact) mass is 547 g/mol. The van der Waals surface area contributed by atoms with Crippen molar-refractivity contribution < 1.29 is 58.9 Å². The van der Waals surface area contributed by atoms with Crippen molar-refractivity contribution in [2.24, 2.45) is 0 Å². The summed E-state index contributed by atoms with van der Waals surface area (Å²) < 4.78 is 15.3. The largest absolute Gasteiger partial charge is 1.00 e. The Hall–Kier alpha value is -2.56. The van der Waals surface area contributed by atoms with E-state index in [1.54, 1.807) is 28.8 Å². The van der Waals surface area contributed by atoms with E-state index in [4.69, 9.17) is 0 Å². The Bertz CT molecular complexity index is 1250. The number of aryl methyl sites for hydroxylation is 1. The number of aliphatic hydroxyl groups is 2. The minimum absolute atomic E-state index is 0. The molecule has 1 aromatic heterocycles. The molecular weight excluding hydrogens is 512 g/mol. The van der Waals surface area contributed by atoms with Gasteiger partial charge in [0.1, 0.15) is 5.82 Å². The van der Waals surface area contributed by atoms with Crippen molar-refractivity contribution in [3.8, 4) is 5.69 Å². The van der Waals surface area contributed by atoms with Gasteiger partial charge in [0.15, 0.2) is 5.69 Å². The Labute approximate surface area is 250 Å². The quantitative estimate of drug-likeness (QED) is 0.306. The van der Waals surface area contributed by atoms with Crippen LogP contribution in [0, 0.1) is 12.7 Å². The number of aliphatic carboxylic acids is 1. The molecule has 0 saturated carbocycles. The van der Waals surface area contributed by atoms with Crippen molar-refractivity contribution in [3.05, 3.63) is 82.4 Å². The number of nitrogens with zero attached hydrogens (tertiary/aromatic N) is 3. The van der Waals surface area contributed by atoms with Crippen LogP contribution >= 0.6 is 0 Å². The van der Waals surface area contributed by atoms with Crippen molar-refractivity contribution in [1.29, 1.82) is 0 Å². The molecule has 0 saturated heterocycles. The summed E-state index contributed by atoms with van der Waals surface area (Å²) in [7, 11) is 1.71. The molecule has 0 bridgehead atoms. The molecule has 0 unspecified atom stereocenters. The number of halogens is 1. The van der Waals surface area contributed by atoms with Gasteiger partial charge in [0.2, 0.25) is 0 Å². The predicted octanol–water partition coefficient (Wildman–Crippen LogP) is -0.0961. The molecule has 10 heteroatoms. The van der Waals surface area contributed by atoms with E-state index < -0.39 is 30.4 Å². The van der Waals surface area contributed by atoms with E-state index in [0.717, 1.165) is 16.7 Å². The zero-order valence-electron chi connectivity index (χ0n) is 23.2. The second kappa shape index (κ2) is 14.7. The van der Waals surface area contributed by atoms with Crippen LogP contribution in [0.5, 0.6) is 0 Å². The summed E-state index contributed by atoms with van der Waals surface area (Å²) in [5.74, 6) is -2.15. The summed E-state index contributed by atoms with van der Waals surface area (Å²) in [5.41, 5.74) is 4.36. The van der Waals surface area contributed by atoms with Crippen molar-refractivity contribution in [2.45, 2.75) is 71.1 Å². The van der Waals surface area contributed by atoms with Crippen LogP contribution in [0.2, 0.25) is 0 Å². The summed E-state index contributed by atoms with van der Waals surface area (Å²) in [4.78, 5) is 26.0. The minimum Gasteiger partial charge on any atom is -0.550 e. The first-order valence-corrected chi connectivity index (χ1v) is 12.7. The molecule has 0 spiro atoms. The molecule has 2 aromatic carbocycles. The second-order valence-electron chi connectivity index (χ2n) is 10.1. The number of hydrogen-bond acceptors (Lipinski definition) is 6. The first-order valence-electron chi connectivity index (χ1n) is 12.7. The van der Waals surface area contributed by atoms with Gasteiger partial charge in [-0.3, -0.25) is 4.79 Å². The maximum Gasteiger partial charge on any atom is 1.00 e. The van der Waals surface area contributed by atoms with Crippen LogP contribution in [0.1, 0.15) is 71.9 Å².